The summed E-state index contributed by atoms with van der Waals surface area (Å²) in [5, 5.41) is 2.67. The quantitative estimate of drug-likeness (QED) is 0.453. The van der Waals surface area contributed by atoms with Crippen molar-refractivity contribution in [1.29, 1.82) is 0 Å². The Kier molecular flexibility index (Phi) is 4.63. The highest BCUT2D eigenvalue weighted by molar-refractivity contribution is 7.90. The molecule has 0 bridgehead atoms. The number of thiophene rings is 1. The van der Waals surface area contributed by atoms with E-state index < -0.39 is 9.84 Å². The fourth-order valence-corrected chi connectivity index (χ4v) is 4.21. The summed E-state index contributed by atoms with van der Waals surface area (Å²) in [4.78, 5) is 6.17. The van der Waals surface area contributed by atoms with E-state index in [0.717, 1.165) is 27.6 Å². The molecule has 0 aliphatic rings. The molecule has 4 aromatic rings. The largest absolute Gasteiger partial charge is 0.299 e. The van der Waals surface area contributed by atoms with Crippen molar-refractivity contribution in [3.8, 4) is 27.6 Å². The molecule has 0 saturated carbocycles. The summed E-state index contributed by atoms with van der Waals surface area (Å²) in [6.45, 7) is 0. The summed E-state index contributed by atoms with van der Waals surface area (Å²) in [5.41, 5.74) is 2.62. The van der Waals surface area contributed by atoms with Gasteiger partial charge >= 0.3 is 0 Å². The number of hydrogen-bond donors (Lipinski definition) is 0. The van der Waals surface area contributed by atoms with Gasteiger partial charge in [-0.25, -0.2) is 13.4 Å². The van der Waals surface area contributed by atoms with Gasteiger partial charge in [0.2, 0.25) is 0 Å². The van der Waals surface area contributed by atoms with Crippen LogP contribution in [0.2, 0.25) is 5.02 Å². The number of halogens is 1. The molecule has 2 heterocycles. The zero-order valence-corrected chi connectivity index (χ0v) is 16.7. The lowest BCUT2D eigenvalue weighted by atomic mass is 10.2. The van der Waals surface area contributed by atoms with Gasteiger partial charge in [-0.3, -0.25) is 4.57 Å². The molecule has 27 heavy (non-hydrogen) atoms. The zero-order valence-electron chi connectivity index (χ0n) is 14.3. The molecular weight excluding hydrogens is 400 g/mol. The maximum absolute atomic E-state index is 11.7. The molecule has 136 valence electrons. The maximum atomic E-state index is 11.7. The van der Waals surface area contributed by atoms with Crippen molar-refractivity contribution in [1.82, 2.24) is 9.55 Å². The summed E-state index contributed by atoms with van der Waals surface area (Å²) in [6.07, 6.45) is 3.17. The van der Waals surface area contributed by atoms with Crippen molar-refractivity contribution < 1.29 is 8.42 Å². The number of benzene rings is 2. The molecule has 0 atom stereocenters. The highest BCUT2D eigenvalue weighted by Crippen LogP contribution is 2.31. The van der Waals surface area contributed by atoms with Crippen LogP contribution in [0.5, 0.6) is 0 Å². The topological polar surface area (TPSA) is 52.0 Å². The number of rotatable bonds is 4. The average molecular weight is 415 g/mol. The Morgan fingerprint density at radius 1 is 1.00 bits per heavy atom. The van der Waals surface area contributed by atoms with Gasteiger partial charge in [-0.15, -0.1) is 11.3 Å². The van der Waals surface area contributed by atoms with E-state index in [9.17, 15) is 8.42 Å². The smallest absolute Gasteiger partial charge is 0.175 e. The van der Waals surface area contributed by atoms with Gasteiger partial charge in [0.1, 0.15) is 5.82 Å². The minimum Gasteiger partial charge on any atom is -0.299 e. The second-order valence-corrected chi connectivity index (χ2v) is 9.47. The number of nitrogens with zero attached hydrogens (tertiary/aromatic N) is 2. The lowest BCUT2D eigenvalue weighted by molar-refractivity contribution is 0.602. The van der Waals surface area contributed by atoms with Gasteiger partial charge in [-0.1, -0.05) is 17.7 Å². The van der Waals surface area contributed by atoms with E-state index in [1.807, 2.05) is 52.5 Å². The molecule has 0 unspecified atom stereocenters. The highest BCUT2D eigenvalue weighted by atomic mass is 35.5. The first-order valence-corrected chi connectivity index (χ1v) is 11.3. The van der Waals surface area contributed by atoms with Crippen LogP contribution in [0.4, 0.5) is 0 Å². The van der Waals surface area contributed by atoms with Crippen molar-refractivity contribution in [2.75, 3.05) is 6.26 Å². The Morgan fingerprint density at radius 3 is 2.30 bits per heavy atom. The van der Waals surface area contributed by atoms with Gasteiger partial charge in [0.25, 0.3) is 0 Å². The van der Waals surface area contributed by atoms with Crippen LogP contribution in [0.15, 0.2) is 77.1 Å². The molecule has 0 spiro atoms. The zero-order chi connectivity index (χ0) is 19.0. The monoisotopic (exact) mass is 414 g/mol. The Hall–Kier alpha value is -2.41. The molecule has 0 saturated heterocycles. The van der Waals surface area contributed by atoms with Crippen molar-refractivity contribution >= 4 is 32.8 Å². The summed E-state index contributed by atoms with van der Waals surface area (Å²) in [7, 11) is -3.24. The van der Waals surface area contributed by atoms with E-state index in [1.165, 1.54) is 6.26 Å². The number of imidazole rings is 1. The molecule has 0 radical (unpaired) electrons. The van der Waals surface area contributed by atoms with Crippen LogP contribution in [0, 0.1) is 0 Å². The van der Waals surface area contributed by atoms with Crippen LogP contribution < -0.4 is 0 Å². The summed E-state index contributed by atoms with van der Waals surface area (Å²) in [5.74, 6) is 0.766. The average Bonchev–Trinajstić information content (AvgIpc) is 3.31. The predicted molar refractivity (Wildman–Crippen MR) is 110 cm³/mol. The molecule has 4 nitrogen and oxygen atoms in total. The molecule has 0 N–H and O–H groups in total. The van der Waals surface area contributed by atoms with Crippen LogP contribution in [0.3, 0.4) is 0 Å². The van der Waals surface area contributed by atoms with Gasteiger partial charge in [0.05, 0.1) is 15.5 Å². The first-order chi connectivity index (χ1) is 12.9. The van der Waals surface area contributed by atoms with Crippen LogP contribution >= 0.6 is 22.9 Å². The van der Waals surface area contributed by atoms with Gasteiger partial charge in [-0.05, 0) is 60.0 Å². The number of aromatic nitrogens is 2. The van der Waals surface area contributed by atoms with Crippen molar-refractivity contribution in [2.45, 2.75) is 4.90 Å². The Labute approximate surface area is 166 Å². The second-order valence-electron chi connectivity index (χ2n) is 6.07. The fourth-order valence-electron chi connectivity index (χ4n) is 2.78. The van der Waals surface area contributed by atoms with Crippen LogP contribution in [0.25, 0.3) is 27.6 Å². The van der Waals surface area contributed by atoms with Gasteiger partial charge in [0, 0.05) is 28.7 Å². The molecular formula is C20H15ClN2O2S2. The van der Waals surface area contributed by atoms with E-state index in [-0.39, 0.29) is 4.90 Å². The standard InChI is InChI=1S/C20H15ClN2O2S2/c1-27(24,25)17-10-8-16(9-11-17)23-13-18(19-3-2-12-26-19)22-20(23)14-4-6-15(21)7-5-14/h2-13H,1H3. The maximum Gasteiger partial charge on any atom is 0.175 e. The molecule has 7 heteroatoms. The third-order valence-electron chi connectivity index (χ3n) is 4.13. The van der Waals surface area contributed by atoms with E-state index >= 15 is 0 Å². The predicted octanol–water partition coefficient (Wildman–Crippen LogP) is 5.32. The third-order valence-corrected chi connectivity index (χ3v) is 6.40. The molecule has 2 aromatic carbocycles. The lowest BCUT2D eigenvalue weighted by Gasteiger charge is -2.09. The van der Waals surface area contributed by atoms with Crippen LogP contribution in [-0.2, 0) is 9.84 Å². The molecule has 4 rings (SSSR count). The molecule has 2 aromatic heterocycles. The Balaban J connectivity index is 1.86. The number of hydrogen-bond acceptors (Lipinski definition) is 4. The third kappa shape index (κ3) is 3.69. The summed E-state index contributed by atoms with van der Waals surface area (Å²) < 4.78 is 25.4. The Bertz CT molecular complexity index is 1180. The normalized spacial score (nSPS) is 11.6. The van der Waals surface area contributed by atoms with E-state index in [4.69, 9.17) is 16.6 Å². The van der Waals surface area contributed by atoms with E-state index in [0.29, 0.717) is 5.02 Å². The van der Waals surface area contributed by atoms with Crippen molar-refractivity contribution in [3.05, 3.63) is 77.3 Å². The highest BCUT2D eigenvalue weighted by Gasteiger charge is 2.15. The molecule has 0 fully saturated rings. The minimum absolute atomic E-state index is 0.290. The molecule has 0 amide bonds. The van der Waals surface area contributed by atoms with Gasteiger partial charge in [-0.2, -0.15) is 0 Å². The van der Waals surface area contributed by atoms with Gasteiger partial charge in [0.15, 0.2) is 9.84 Å². The van der Waals surface area contributed by atoms with E-state index in [2.05, 4.69) is 0 Å². The van der Waals surface area contributed by atoms with Crippen molar-refractivity contribution in [3.63, 3.8) is 0 Å². The van der Waals surface area contributed by atoms with Crippen molar-refractivity contribution in [2.24, 2.45) is 0 Å². The van der Waals surface area contributed by atoms with Gasteiger partial charge < -0.3 is 0 Å². The molecule has 0 aliphatic heterocycles. The first-order valence-electron chi connectivity index (χ1n) is 8.11. The number of sulfone groups is 1. The van der Waals surface area contributed by atoms with Crippen LogP contribution in [-0.4, -0.2) is 24.2 Å². The lowest BCUT2D eigenvalue weighted by Crippen LogP contribution is -1.99. The fraction of sp³-hybridized carbons (Fsp3) is 0.0500. The van der Waals surface area contributed by atoms with Crippen LogP contribution in [0.1, 0.15) is 0 Å². The first kappa shape index (κ1) is 18.0. The summed E-state index contributed by atoms with van der Waals surface area (Å²) >= 11 is 7.64. The van der Waals surface area contributed by atoms with E-state index in [1.54, 1.807) is 35.6 Å². The minimum atomic E-state index is -3.24. The molecule has 0 aliphatic carbocycles. The summed E-state index contributed by atoms with van der Waals surface area (Å²) in [6, 6.07) is 18.3. The SMILES string of the molecule is CS(=O)(=O)c1ccc(-n2cc(-c3cccs3)nc2-c2ccc(Cl)cc2)cc1. The Morgan fingerprint density at radius 2 is 1.70 bits per heavy atom. The second kappa shape index (κ2) is 6.96.